The number of amides is 2. The average molecular weight is 498 g/mol. The maximum absolute atomic E-state index is 14.1. The highest BCUT2D eigenvalue weighted by Crippen LogP contribution is 2.33. The van der Waals surface area contributed by atoms with Crippen molar-refractivity contribution in [2.45, 2.75) is 58.0 Å². The minimum absolute atomic E-state index is 0.133. The van der Waals surface area contributed by atoms with Gasteiger partial charge in [-0.15, -0.1) is 11.3 Å². The fourth-order valence-corrected chi connectivity index (χ4v) is 5.86. The zero-order valence-corrected chi connectivity index (χ0v) is 21.6. The molecule has 2 amide bonds. The molecule has 5 nitrogen and oxygen atoms in total. The predicted molar refractivity (Wildman–Crippen MR) is 147 cm³/mol. The average Bonchev–Trinajstić information content (AvgIpc) is 3.42. The molecule has 2 aromatic heterocycles. The Kier molecular flexibility index (Phi) is 7.14. The van der Waals surface area contributed by atoms with E-state index in [0.717, 1.165) is 59.0 Å². The summed E-state index contributed by atoms with van der Waals surface area (Å²) in [5.41, 5.74) is 4.44. The molecule has 0 spiro atoms. The van der Waals surface area contributed by atoms with Gasteiger partial charge in [0.25, 0.3) is 5.91 Å². The zero-order valence-electron chi connectivity index (χ0n) is 20.7. The van der Waals surface area contributed by atoms with E-state index < -0.39 is 6.04 Å². The number of hydrogen-bond donors (Lipinski definition) is 1. The first-order valence-electron chi connectivity index (χ1n) is 12.6. The summed E-state index contributed by atoms with van der Waals surface area (Å²) in [6.45, 7) is 4.03. The van der Waals surface area contributed by atoms with Crippen LogP contribution in [0.25, 0.3) is 10.9 Å². The third kappa shape index (κ3) is 5.19. The van der Waals surface area contributed by atoms with E-state index in [0.29, 0.717) is 4.88 Å². The highest BCUT2D eigenvalue weighted by atomic mass is 32.1. The first-order valence-corrected chi connectivity index (χ1v) is 13.5. The highest BCUT2D eigenvalue weighted by molar-refractivity contribution is 7.12. The monoisotopic (exact) mass is 497 g/mol. The molecule has 0 unspecified atom stereocenters. The van der Waals surface area contributed by atoms with Crippen molar-refractivity contribution in [3.8, 4) is 0 Å². The minimum Gasteiger partial charge on any atom is -0.351 e. The van der Waals surface area contributed by atoms with Crippen LogP contribution in [0.5, 0.6) is 0 Å². The van der Waals surface area contributed by atoms with Crippen LogP contribution >= 0.6 is 11.3 Å². The lowest BCUT2D eigenvalue weighted by Crippen LogP contribution is -2.47. The molecule has 0 saturated heterocycles. The molecule has 1 fully saturated rings. The van der Waals surface area contributed by atoms with Gasteiger partial charge in [0.15, 0.2) is 0 Å². The van der Waals surface area contributed by atoms with Crippen molar-refractivity contribution in [3.63, 3.8) is 0 Å². The molecule has 4 aromatic rings. The van der Waals surface area contributed by atoms with Crippen molar-refractivity contribution in [1.29, 1.82) is 0 Å². The Bertz CT molecular complexity index is 1360. The Hall–Kier alpha value is -3.51. The fourth-order valence-electron chi connectivity index (χ4n) is 5.20. The zero-order chi connectivity index (χ0) is 25.1. The van der Waals surface area contributed by atoms with Crippen molar-refractivity contribution >= 4 is 39.7 Å². The van der Waals surface area contributed by atoms with Crippen molar-refractivity contribution in [3.05, 3.63) is 93.8 Å². The number of aromatic nitrogens is 1. The summed E-state index contributed by atoms with van der Waals surface area (Å²) in [4.78, 5) is 34.9. The summed E-state index contributed by atoms with van der Waals surface area (Å²) >= 11 is 1.39. The second-order valence-corrected chi connectivity index (χ2v) is 10.6. The molecule has 1 aliphatic rings. The molecule has 2 aromatic carbocycles. The molecule has 1 aliphatic carbocycles. The number of fused-ring (bicyclic) bond motifs is 1. The predicted octanol–water partition coefficient (Wildman–Crippen LogP) is 6.75. The molecule has 5 rings (SSSR count). The molecule has 0 radical (unpaired) electrons. The summed E-state index contributed by atoms with van der Waals surface area (Å²) < 4.78 is 0. The van der Waals surface area contributed by atoms with Crippen molar-refractivity contribution < 1.29 is 9.59 Å². The lowest BCUT2D eigenvalue weighted by atomic mass is 9.94. The van der Waals surface area contributed by atoms with Gasteiger partial charge in [-0.3, -0.25) is 19.5 Å². The summed E-state index contributed by atoms with van der Waals surface area (Å²) in [6, 6.07) is 18.8. The van der Waals surface area contributed by atoms with E-state index in [4.69, 9.17) is 0 Å². The third-order valence-corrected chi connectivity index (χ3v) is 7.69. The van der Waals surface area contributed by atoms with Gasteiger partial charge in [0.05, 0.1) is 10.4 Å². The van der Waals surface area contributed by atoms with E-state index in [1.165, 1.54) is 17.8 Å². The number of pyridine rings is 1. The van der Waals surface area contributed by atoms with Crippen LogP contribution in [0.2, 0.25) is 0 Å². The van der Waals surface area contributed by atoms with Crippen LogP contribution in [0.3, 0.4) is 0 Å². The van der Waals surface area contributed by atoms with Crippen LogP contribution in [0.15, 0.2) is 72.2 Å². The van der Waals surface area contributed by atoms with Crippen molar-refractivity contribution in [2.75, 3.05) is 4.90 Å². The number of nitrogens with one attached hydrogen (secondary N) is 1. The lowest BCUT2D eigenvalue weighted by molar-refractivity contribution is -0.123. The van der Waals surface area contributed by atoms with Gasteiger partial charge in [-0.1, -0.05) is 43.5 Å². The summed E-state index contributed by atoms with van der Waals surface area (Å²) in [6.07, 6.45) is 7.15. The SMILES string of the molecule is Cc1cc(C)cc(N(C(=O)c2cccs2)[C@@H](C(=O)NC2CCCCC2)c2ccc3ncccc3c2)c1. The third-order valence-electron chi connectivity index (χ3n) is 6.84. The van der Waals surface area contributed by atoms with Gasteiger partial charge in [-0.2, -0.15) is 0 Å². The normalized spacial score (nSPS) is 14.9. The summed E-state index contributed by atoms with van der Waals surface area (Å²) in [5.74, 6) is -0.320. The number of rotatable bonds is 6. The van der Waals surface area contributed by atoms with Crippen LogP contribution in [-0.2, 0) is 4.79 Å². The Morgan fingerprint density at radius 3 is 2.47 bits per heavy atom. The second kappa shape index (κ2) is 10.6. The van der Waals surface area contributed by atoms with E-state index in [1.54, 1.807) is 11.1 Å². The van der Waals surface area contributed by atoms with Crippen LogP contribution in [0.1, 0.15) is 64.5 Å². The Labute approximate surface area is 216 Å². The molecule has 2 heterocycles. The number of aryl methyl sites for hydroxylation is 2. The summed E-state index contributed by atoms with van der Waals surface area (Å²) in [7, 11) is 0. The molecular formula is C30H31N3O2S. The molecule has 1 saturated carbocycles. The fraction of sp³-hybridized carbons (Fsp3) is 0.300. The maximum Gasteiger partial charge on any atom is 0.269 e. The summed E-state index contributed by atoms with van der Waals surface area (Å²) in [5, 5.41) is 6.13. The number of thiophene rings is 1. The topological polar surface area (TPSA) is 62.3 Å². The van der Waals surface area contributed by atoms with Gasteiger partial charge in [-0.25, -0.2) is 0 Å². The number of hydrogen-bond acceptors (Lipinski definition) is 4. The Balaban J connectivity index is 1.65. The van der Waals surface area contributed by atoms with Crippen LogP contribution < -0.4 is 10.2 Å². The van der Waals surface area contributed by atoms with E-state index in [-0.39, 0.29) is 17.9 Å². The minimum atomic E-state index is -0.813. The molecule has 0 bridgehead atoms. The molecule has 6 heteroatoms. The molecule has 0 aliphatic heterocycles. The second-order valence-electron chi connectivity index (χ2n) is 9.70. The van der Waals surface area contributed by atoms with E-state index in [2.05, 4.69) is 16.4 Å². The van der Waals surface area contributed by atoms with Gasteiger partial charge in [-0.05, 0) is 85.2 Å². The standard InChI is InChI=1S/C30H31N3O2S/c1-20-16-21(2)18-25(17-20)33(30(35)27-11-7-15-36-27)28(29(34)32-24-9-4-3-5-10-24)23-12-13-26-22(19-23)8-6-14-31-26/h6-8,11-19,24,28H,3-5,9-10H2,1-2H3,(H,32,34)/t28-/m1/s1. The van der Waals surface area contributed by atoms with E-state index in [9.17, 15) is 9.59 Å². The Morgan fingerprint density at radius 1 is 0.972 bits per heavy atom. The number of carbonyl (C=O) groups is 2. The van der Waals surface area contributed by atoms with Crippen LogP contribution in [-0.4, -0.2) is 22.8 Å². The lowest BCUT2D eigenvalue weighted by Gasteiger charge is -2.33. The molecule has 36 heavy (non-hydrogen) atoms. The number of anilines is 1. The van der Waals surface area contributed by atoms with Crippen LogP contribution in [0, 0.1) is 13.8 Å². The number of nitrogens with zero attached hydrogens (tertiary/aromatic N) is 2. The number of benzene rings is 2. The largest absolute Gasteiger partial charge is 0.351 e. The number of carbonyl (C=O) groups excluding carboxylic acids is 2. The van der Waals surface area contributed by atoms with E-state index >= 15 is 0 Å². The molecular weight excluding hydrogens is 466 g/mol. The van der Waals surface area contributed by atoms with E-state index in [1.807, 2.05) is 73.8 Å². The van der Waals surface area contributed by atoms with Crippen LogP contribution in [0.4, 0.5) is 5.69 Å². The van der Waals surface area contributed by atoms with Crippen molar-refractivity contribution in [2.24, 2.45) is 0 Å². The Morgan fingerprint density at radius 2 is 1.75 bits per heavy atom. The molecule has 184 valence electrons. The van der Waals surface area contributed by atoms with Gasteiger partial charge in [0.2, 0.25) is 5.91 Å². The van der Waals surface area contributed by atoms with Gasteiger partial charge >= 0.3 is 0 Å². The first-order chi connectivity index (χ1) is 17.5. The van der Waals surface area contributed by atoms with Gasteiger partial charge in [0, 0.05) is 23.3 Å². The maximum atomic E-state index is 14.1. The molecule has 1 atom stereocenters. The smallest absolute Gasteiger partial charge is 0.269 e. The molecule has 1 N–H and O–H groups in total. The quantitative estimate of drug-likeness (QED) is 0.320. The van der Waals surface area contributed by atoms with Gasteiger partial charge < -0.3 is 5.32 Å². The highest BCUT2D eigenvalue weighted by Gasteiger charge is 2.35. The van der Waals surface area contributed by atoms with Crippen molar-refractivity contribution in [1.82, 2.24) is 10.3 Å². The van der Waals surface area contributed by atoms with Gasteiger partial charge in [0.1, 0.15) is 6.04 Å². The first kappa shape index (κ1) is 24.2.